The molecule has 1 N–H and O–H groups in total. The molecule has 1 saturated carbocycles. The molecule has 2 heterocycles. The molecule has 1 aromatic carbocycles. The van der Waals surface area contributed by atoms with E-state index in [0.717, 1.165) is 37.5 Å². The molecular formula is C19H22N4O3. The largest absolute Gasteiger partial charge is 0.425 e. The van der Waals surface area contributed by atoms with E-state index in [9.17, 15) is 9.59 Å². The zero-order valence-corrected chi connectivity index (χ0v) is 14.8. The molecule has 0 bridgehead atoms. The van der Waals surface area contributed by atoms with Gasteiger partial charge in [0.2, 0.25) is 17.7 Å². The van der Waals surface area contributed by atoms with Gasteiger partial charge in [-0.25, -0.2) is 0 Å². The summed E-state index contributed by atoms with van der Waals surface area (Å²) in [6, 6.07) is 7.00. The van der Waals surface area contributed by atoms with Gasteiger partial charge < -0.3 is 14.6 Å². The van der Waals surface area contributed by atoms with E-state index in [1.54, 1.807) is 24.3 Å². The lowest BCUT2D eigenvalue weighted by molar-refractivity contribution is -0.114. The number of nitrogens with one attached hydrogen (secondary N) is 1. The molecule has 7 nitrogen and oxygen atoms in total. The van der Waals surface area contributed by atoms with Crippen LogP contribution in [0.5, 0.6) is 0 Å². The molecule has 0 atom stereocenters. The smallest absolute Gasteiger partial charge is 0.253 e. The molecule has 0 radical (unpaired) electrons. The predicted octanol–water partition coefficient (Wildman–Crippen LogP) is 2.93. The van der Waals surface area contributed by atoms with Gasteiger partial charge in [-0.2, -0.15) is 0 Å². The lowest BCUT2D eigenvalue weighted by Crippen LogP contribution is -2.38. The SMILES string of the molecule is CC(=O)Nc1ccc(C(=O)N2CCC(c3nnc(C4CC4)o3)CC2)cc1. The fraction of sp³-hybridized carbons (Fsp3) is 0.474. The highest BCUT2D eigenvalue weighted by molar-refractivity contribution is 5.95. The molecule has 2 aromatic rings. The summed E-state index contributed by atoms with van der Waals surface area (Å²) in [7, 11) is 0. The van der Waals surface area contributed by atoms with Crippen molar-refractivity contribution in [3.63, 3.8) is 0 Å². The molecule has 1 aromatic heterocycles. The monoisotopic (exact) mass is 354 g/mol. The highest BCUT2D eigenvalue weighted by Gasteiger charge is 2.32. The maximum Gasteiger partial charge on any atom is 0.253 e. The van der Waals surface area contributed by atoms with E-state index >= 15 is 0 Å². The minimum absolute atomic E-state index is 0.0158. The van der Waals surface area contributed by atoms with Crippen LogP contribution < -0.4 is 5.32 Å². The molecule has 1 saturated heterocycles. The first-order valence-electron chi connectivity index (χ1n) is 9.10. The topological polar surface area (TPSA) is 88.3 Å². The number of piperidine rings is 1. The van der Waals surface area contributed by atoms with E-state index in [1.165, 1.54) is 6.92 Å². The number of rotatable bonds is 4. The minimum atomic E-state index is -0.128. The zero-order chi connectivity index (χ0) is 18.1. The van der Waals surface area contributed by atoms with Crippen molar-refractivity contribution in [3.05, 3.63) is 41.6 Å². The first kappa shape index (κ1) is 16.8. The summed E-state index contributed by atoms with van der Waals surface area (Å²) >= 11 is 0. The number of anilines is 1. The third-order valence-electron chi connectivity index (χ3n) is 4.97. The van der Waals surface area contributed by atoms with Crippen LogP contribution in [0.3, 0.4) is 0 Å². The van der Waals surface area contributed by atoms with Gasteiger partial charge in [0, 0.05) is 43.1 Å². The number of carbonyl (C=O) groups excluding carboxylic acids is 2. The number of hydrogen-bond donors (Lipinski definition) is 1. The Morgan fingerprint density at radius 3 is 2.12 bits per heavy atom. The number of nitrogens with zero attached hydrogens (tertiary/aromatic N) is 3. The van der Waals surface area contributed by atoms with Crippen LogP contribution in [-0.2, 0) is 4.79 Å². The Balaban J connectivity index is 1.34. The molecule has 136 valence electrons. The van der Waals surface area contributed by atoms with Crippen LogP contribution in [0.2, 0.25) is 0 Å². The highest BCUT2D eigenvalue weighted by Crippen LogP contribution is 2.40. The lowest BCUT2D eigenvalue weighted by Gasteiger charge is -2.30. The van der Waals surface area contributed by atoms with Gasteiger partial charge in [-0.15, -0.1) is 10.2 Å². The molecule has 1 aliphatic carbocycles. The third-order valence-corrected chi connectivity index (χ3v) is 4.97. The maximum absolute atomic E-state index is 12.7. The van der Waals surface area contributed by atoms with Gasteiger partial charge in [0.05, 0.1) is 0 Å². The maximum atomic E-state index is 12.7. The van der Waals surface area contributed by atoms with Crippen LogP contribution >= 0.6 is 0 Å². The summed E-state index contributed by atoms with van der Waals surface area (Å²) in [5.41, 5.74) is 1.32. The minimum Gasteiger partial charge on any atom is -0.425 e. The van der Waals surface area contributed by atoms with Gasteiger partial charge in [-0.05, 0) is 49.9 Å². The van der Waals surface area contributed by atoms with Crippen molar-refractivity contribution in [2.24, 2.45) is 0 Å². The van der Waals surface area contributed by atoms with E-state index < -0.39 is 0 Å². The summed E-state index contributed by atoms with van der Waals surface area (Å²) in [5, 5.41) is 11.1. The number of likely N-dealkylation sites (tertiary alicyclic amines) is 1. The van der Waals surface area contributed by atoms with Gasteiger partial charge in [-0.3, -0.25) is 9.59 Å². The van der Waals surface area contributed by atoms with E-state index in [0.29, 0.717) is 30.3 Å². The third kappa shape index (κ3) is 3.61. The fourth-order valence-electron chi connectivity index (χ4n) is 3.32. The first-order chi connectivity index (χ1) is 12.6. The van der Waals surface area contributed by atoms with Crippen molar-refractivity contribution in [2.75, 3.05) is 18.4 Å². The summed E-state index contributed by atoms with van der Waals surface area (Å²) in [5.74, 6) is 2.09. The average molecular weight is 354 g/mol. The molecule has 0 spiro atoms. The van der Waals surface area contributed by atoms with E-state index in [2.05, 4.69) is 15.5 Å². The normalized spacial score (nSPS) is 18.0. The summed E-state index contributed by atoms with van der Waals surface area (Å²) in [4.78, 5) is 25.6. The van der Waals surface area contributed by atoms with E-state index in [1.807, 2.05) is 4.90 Å². The van der Waals surface area contributed by atoms with Crippen LogP contribution in [0, 0.1) is 0 Å². The second kappa shape index (κ2) is 6.90. The highest BCUT2D eigenvalue weighted by atomic mass is 16.4. The summed E-state index contributed by atoms with van der Waals surface area (Å²) in [6.45, 7) is 2.82. The van der Waals surface area contributed by atoms with Crippen molar-refractivity contribution in [1.82, 2.24) is 15.1 Å². The second-order valence-electron chi connectivity index (χ2n) is 7.08. The molecule has 2 fully saturated rings. The number of hydrogen-bond acceptors (Lipinski definition) is 5. The molecule has 26 heavy (non-hydrogen) atoms. The van der Waals surface area contributed by atoms with Crippen LogP contribution in [0.25, 0.3) is 0 Å². The Hall–Kier alpha value is -2.70. The summed E-state index contributed by atoms with van der Waals surface area (Å²) in [6.07, 6.45) is 3.97. The zero-order valence-electron chi connectivity index (χ0n) is 14.8. The van der Waals surface area contributed by atoms with Gasteiger partial charge in [0.15, 0.2) is 0 Å². The second-order valence-corrected chi connectivity index (χ2v) is 7.08. The van der Waals surface area contributed by atoms with Crippen LogP contribution in [-0.4, -0.2) is 40.0 Å². The molecule has 4 rings (SSSR count). The van der Waals surface area contributed by atoms with Crippen molar-refractivity contribution >= 4 is 17.5 Å². The number of carbonyl (C=O) groups is 2. The number of amides is 2. The van der Waals surface area contributed by atoms with Crippen molar-refractivity contribution < 1.29 is 14.0 Å². The Kier molecular flexibility index (Phi) is 4.44. The van der Waals surface area contributed by atoms with Crippen LogP contribution in [0.15, 0.2) is 28.7 Å². The Morgan fingerprint density at radius 1 is 1.00 bits per heavy atom. The van der Waals surface area contributed by atoms with Crippen molar-refractivity contribution in [1.29, 1.82) is 0 Å². The number of aromatic nitrogens is 2. The average Bonchev–Trinajstić information content (AvgIpc) is 3.38. The lowest BCUT2D eigenvalue weighted by atomic mass is 9.96. The molecule has 7 heteroatoms. The summed E-state index contributed by atoms with van der Waals surface area (Å²) < 4.78 is 5.81. The van der Waals surface area contributed by atoms with Crippen LogP contribution in [0.4, 0.5) is 5.69 Å². The van der Waals surface area contributed by atoms with E-state index in [-0.39, 0.29) is 17.7 Å². The number of benzene rings is 1. The molecule has 1 aliphatic heterocycles. The van der Waals surface area contributed by atoms with Gasteiger partial charge in [0.25, 0.3) is 5.91 Å². The fourth-order valence-corrected chi connectivity index (χ4v) is 3.32. The molecule has 2 aliphatic rings. The van der Waals surface area contributed by atoms with Crippen molar-refractivity contribution in [2.45, 2.75) is 44.4 Å². The van der Waals surface area contributed by atoms with Crippen molar-refractivity contribution in [3.8, 4) is 0 Å². The molecule has 0 unspecified atom stereocenters. The van der Waals surface area contributed by atoms with E-state index in [4.69, 9.17) is 4.42 Å². The van der Waals surface area contributed by atoms with Gasteiger partial charge >= 0.3 is 0 Å². The Bertz CT molecular complexity index is 802. The van der Waals surface area contributed by atoms with Gasteiger partial charge in [0.1, 0.15) is 0 Å². The first-order valence-corrected chi connectivity index (χ1v) is 9.10. The molecular weight excluding hydrogens is 332 g/mol. The Morgan fingerprint density at radius 2 is 1.58 bits per heavy atom. The van der Waals surface area contributed by atoms with Crippen LogP contribution in [0.1, 0.15) is 66.6 Å². The predicted molar refractivity (Wildman–Crippen MR) is 94.9 cm³/mol. The molecule has 2 amide bonds. The quantitative estimate of drug-likeness (QED) is 0.912. The van der Waals surface area contributed by atoms with Gasteiger partial charge in [-0.1, -0.05) is 0 Å². The Labute approximate surface area is 151 Å². The standard InChI is InChI=1S/C19H22N4O3/c1-12(24)20-16-6-4-15(5-7-16)19(25)23-10-8-14(9-11-23)18-22-21-17(26-18)13-2-3-13/h4-7,13-14H,2-3,8-11H2,1H3,(H,20,24).